The van der Waals surface area contributed by atoms with Gasteiger partial charge in [-0.25, -0.2) is 4.79 Å². The minimum Gasteiger partial charge on any atom is -0.486 e. The Kier molecular flexibility index (Phi) is 2.68. The summed E-state index contributed by atoms with van der Waals surface area (Å²) in [6.45, 7) is 0.690. The molecule has 0 aliphatic carbocycles. The van der Waals surface area contributed by atoms with Gasteiger partial charge in [0.1, 0.15) is 18.8 Å². The zero-order valence-corrected chi connectivity index (χ0v) is 9.63. The molecule has 1 aliphatic heterocycles. The summed E-state index contributed by atoms with van der Waals surface area (Å²) in [6, 6.07) is 9.77. The summed E-state index contributed by atoms with van der Waals surface area (Å²) in [6.07, 6.45) is 3.18. The van der Waals surface area contributed by atoms with Crippen LogP contribution in [0.4, 0.5) is 0 Å². The van der Waals surface area contributed by atoms with Crippen LogP contribution in [0.15, 0.2) is 42.7 Å². The third-order valence-corrected chi connectivity index (χ3v) is 2.79. The Balaban J connectivity index is 1.82. The Morgan fingerprint density at radius 3 is 2.89 bits per heavy atom. The van der Waals surface area contributed by atoms with Crippen LogP contribution in [-0.2, 0) is 18.0 Å². The Labute approximate surface area is 104 Å². The molecule has 1 aromatic carbocycles. The van der Waals surface area contributed by atoms with E-state index < -0.39 is 0 Å². The normalized spacial score (nSPS) is 13.0. The van der Waals surface area contributed by atoms with E-state index in [0.717, 1.165) is 11.1 Å². The molecular formula is C14H11NO3. The van der Waals surface area contributed by atoms with Crippen molar-refractivity contribution in [2.24, 2.45) is 0 Å². The summed E-state index contributed by atoms with van der Waals surface area (Å²) in [5.41, 5.74) is 2.33. The van der Waals surface area contributed by atoms with Crippen LogP contribution in [0.2, 0.25) is 0 Å². The smallest absolute Gasteiger partial charge is 0.342 e. The van der Waals surface area contributed by atoms with E-state index in [4.69, 9.17) is 9.47 Å². The zero-order chi connectivity index (χ0) is 12.4. The van der Waals surface area contributed by atoms with E-state index in [0.29, 0.717) is 17.9 Å². The molecule has 0 radical (unpaired) electrons. The molecule has 1 aromatic heterocycles. The first-order valence-corrected chi connectivity index (χ1v) is 5.65. The largest absolute Gasteiger partial charge is 0.486 e. The number of carbonyl (C=O) groups excluding carboxylic acids is 1. The van der Waals surface area contributed by atoms with Crippen molar-refractivity contribution in [3.8, 4) is 5.75 Å². The van der Waals surface area contributed by atoms with Crippen LogP contribution in [0.25, 0.3) is 0 Å². The van der Waals surface area contributed by atoms with Crippen molar-refractivity contribution in [2.75, 3.05) is 0 Å². The Morgan fingerprint density at radius 1 is 1.22 bits per heavy atom. The summed E-state index contributed by atoms with van der Waals surface area (Å²) >= 11 is 0. The van der Waals surface area contributed by atoms with Crippen LogP contribution in [0.5, 0.6) is 5.75 Å². The molecule has 18 heavy (non-hydrogen) atoms. The highest BCUT2D eigenvalue weighted by atomic mass is 16.5. The molecule has 90 valence electrons. The van der Waals surface area contributed by atoms with Gasteiger partial charge < -0.3 is 9.47 Å². The number of nitrogens with zero attached hydrogens (tertiary/aromatic N) is 1. The van der Waals surface area contributed by atoms with Gasteiger partial charge >= 0.3 is 5.97 Å². The summed E-state index contributed by atoms with van der Waals surface area (Å²) in [4.78, 5) is 15.6. The third kappa shape index (κ3) is 1.93. The van der Waals surface area contributed by atoms with Crippen molar-refractivity contribution in [1.29, 1.82) is 0 Å². The van der Waals surface area contributed by atoms with Gasteiger partial charge in [-0.15, -0.1) is 0 Å². The number of carbonyl (C=O) groups is 1. The van der Waals surface area contributed by atoms with Crippen molar-refractivity contribution < 1.29 is 14.3 Å². The number of hydrogen-bond donors (Lipinski definition) is 0. The fourth-order valence-electron chi connectivity index (χ4n) is 1.88. The van der Waals surface area contributed by atoms with Gasteiger partial charge in [0, 0.05) is 11.8 Å². The minimum atomic E-state index is -0.338. The standard InChI is InChI=1S/C14H11NO3/c16-14-13-11(9-18-14)6-15-7-12(13)17-8-10-4-2-1-3-5-10/h1-7H,8-9H2. The van der Waals surface area contributed by atoms with E-state index in [1.165, 1.54) is 0 Å². The topological polar surface area (TPSA) is 48.4 Å². The second-order valence-corrected chi connectivity index (χ2v) is 4.02. The van der Waals surface area contributed by atoms with E-state index in [-0.39, 0.29) is 12.6 Å². The van der Waals surface area contributed by atoms with E-state index in [9.17, 15) is 4.79 Å². The van der Waals surface area contributed by atoms with E-state index >= 15 is 0 Å². The van der Waals surface area contributed by atoms with Gasteiger partial charge in [0.05, 0.1) is 6.20 Å². The van der Waals surface area contributed by atoms with Crippen LogP contribution in [0, 0.1) is 0 Å². The molecule has 4 nitrogen and oxygen atoms in total. The van der Waals surface area contributed by atoms with Gasteiger partial charge in [-0.3, -0.25) is 4.98 Å². The molecule has 0 saturated carbocycles. The maximum Gasteiger partial charge on any atom is 0.342 e. The lowest BCUT2D eigenvalue weighted by atomic mass is 10.1. The number of pyridine rings is 1. The summed E-state index contributed by atoms with van der Waals surface area (Å²) < 4.78 is 10.6. The number of fused-ring (bicyclic) bond motifs is 1. The number of rotatable bonds is 3. The van der Waals surface area contributed by atoms with Crippen molar-refractivity contribution in [1.82, 2.24) is 4.98 Å². The van der Waals surface area contributed by atoms with Crippen molar-refractivity contribution >= 4 is 5.97 Å². The molecular weight excluding hydrogens is 230 g/mol. The van der Waals surface area contributed by atoms with Crippen molar-refractivity contribution in [2.45, 2.75) is 13.2 Å². The third-order valence-electron chi connectivity index (χ3n) is 2.79. The fourth-order valence-corrected chi connectivity index (χ4v) is 1.88. The molecule has 0 spiro atoms. The number of aromatic nitrogens is 1. The Bertz CT molecular complexity index is 581. The molecule has 0 amide bonds. The first-order chi connectivity index (χ1) is 8.84. The second-order valence-electron chi connectivity index (χ2n) is 4.02. The van der Waals surface area contributed by atoms with E-state index in [1.54, 1.807) is 12.4 Å². The first kappa shape index (κ1) is 10.8. The predicted octanol–water partition coefficient (Wildman–Crippen LogP) is 2.33. The molecule has 0 unspecified atom stereocenters. The van der Waals surface area contributed by atoms with Crippen LogP contribution in [0.3, 0.4) is 0 Å². The molecule has 1 aliphatic rings. The number of cyclic esters (lactones) is 1. The minimum absolute atomic E-state index is 0.281. The maximum atomic E-state index is 11.6. The van der Waals surface area contributed by atoms with Gasteiger partial charge in [-0.2, -0.15) is 0 Å². The van der Waals surface area contributed by atoms with Gasteiger partial charge in [-0.1, -0.05) is 30.3 Å². The van der Waals surface area contributed by atoms with Gasteiger partial charge in [0.15, 0.2) is 5.75 Å². The van der Waals surface area contributed by atoms with Crippen molar-refractivity contribution in [3.05, 3.63) is 59.4 Å². The Hall–Kier alpha value is -2.36. The number of benzene rings is 1. The molecule has 2 aromatic rings. The molecule has 0 N–H and O–H groups in total. The predicted molar refractivity (Wildman–Crippen MR) is 64.1 cm³/mol. The van der Waals surface area contributed by atoms with Crippen LogP contribution in [0.1, 0.15) is 21.5 Å². The molecule has 3 rings (SSSR count). The zero-order valence-electron chi connectivity index (χ0n) is 9.63. The van der Waals surface area contributed by atoms with Crippen LogP contribution >= 0.6 is 0 Å². The highest BCUT2D eigenvalue weighted by Crippen LogP contribution is 2.28. The lowest BCUT2D eigenvalue weighted by molar-refractivity contribution is 0.0532. The first-order valence-electron chi connectivity index (χ1n) is 5.65. The summed E-state index contributed by atoms with van der Waals surface area (Å²) in [5, 5.41) is 0. The molecule has 4 heteroatoms. The number of ether oxygens (including phenoxy) is 2. The lowest BCUT2D eigenvalue weighted by Gasteiger charge is -2.08. The van der Waals surface area contributed by atoms with Crippen molar-refractivity contribution in [3.63, 3.8) is 0 Å². The van der Waals surface area contributed by atoms with E-state index in [2.05, 4.69) is 4.98 Å². The average molecular weight is 241 g/mol. The molecule has 0 atom stereocenters. The molecule has 0 bridgehead atoms. The fraction of sp³-hybridized carbons (Fsp3) is 0.143. The SMILES string of the molecule is O=C1OCc2cncc(OCc3ccccc3)c21. The average Bonchev–Trinajstić information content (AvgIpc) is 2.80. The van der Waals surface area contributed by atoms with Gasteiger partial charge in [0.2, 0.25) is 0 Å². The number of hydrogen-bond acceptors (Lipinski definition) is 4. The molecule has 2 heterocycles. The monoisotopic (exact) mass is 241 g/mol. The number of esters is 1. The molecule has 0 fully saturated rings. The van der Waals surface area contributed by atoms with Gasteiger partial charge in [-0.05, 0) is 5.56 Å². The quantitative estimate of drug-likeness (QED) is 0.774. The van der Waals surface area contributed by atoms with Crippen LogP contribution < -0.4 is 4.74 Å². The maximum absolute atomic E-state index is 11.6. The Morgan fingerprint density at radius 2 is 2.06 bits per heavy atom. The highest BCUT2D eigenvalue weighted by molar-refractivity contribution is 5.96. The highest BCUT2D eigenvalue weighted by Gasteiger charge is 2.26. The summed E-state index contributed by atoms with van der Waals surface area (Å²) in [5.74, 6) is 0.148. The van der Waals surface area contributed by atoms with E-state index in [1.807, 2.05) is 30.3 Å². The molecule has 0 saturated heterocycles. The van der Waals surface area contributed by atoms with Crippen LogP contribution in [-0.4, -0.2) is 11.0 Å². The summed E-state index contributed by atoms with van der Waals surface area (Å²) in [7, 11) is 0. The van der Waals surface area contributed by atoms with Gasteiger partial charge in [0.25, 0.3) is 0 Å². The second kappa shape index (κ2) is 4.49. The lowest BCUT2D eigenvalue weighted by Crippen LogP contribution is -2.02.